The summed E-state index contributed by atoms with van der Waals surface area (Å²) in [6.07, 6.45) is 14.1. The van der Waals surface area contributed by atoms with Crippen LogP contribution in [0.2, 0.25) is 0 Å². The number of nitriles is 1. The largest absolute Gasteiger partial charge is 0.494 e. The van der Waals surface area contributed by atoms with Gasteiger partial charge in [-0.25, -0.2) is 19.2 Å². The molecule has 0 fully saturated rings. The average Bonchev–Trinajstić information content (AvgIpc) is 3.29. The minimum Gasteiger partial charge on any atom is -0.494 e. The predicted molar refractivity (Wildman–Crippen MR) is 235 cm³/mol. The zero-order valence-electron chi connectivity index (χ0n) is 35.4. The molecule has 0 amide bonds. The molecule has 0 saturated carbocycles. The first-order valence-corrected chi connectivity index (χ1v) is 21.3. The highest BCUT2D eigenvalue weighted by atomic mass is 16.6. The molecule has 0 atom stereocenters. The number of carbonyl (C=O) groups is 4. The third kappa shape index (κ3) is 15.0. The lowest BCUT2D eigenvalue weighted by atomic mass is 10.1. The van der Waals surface area contributed by atoms with E-state index in [1.807, 2.05) is 6.07 Å². The van der Waals surface area contributed by atoms with Gasteiger partial charge >= 0.3 is 23.9 Å². The molecule has 0 unspecified atom stereocenters. The Bertz CT molecular complexity index is 2240. The van der Waals surface area contributed by atoms with Gasteiger partial charge in [-0.1, -0.05) is 78.1 Å². The Hall–Kier alpha value is -6.93. The zero-order chi connectivity index (χ0) is 43.9. The number of carbonyl (C=O) groups excluding carboxylic acids is 4. The summed E-state index contributed by atoms with van der Waals surface area (Å²) in [6.45, 7) is 5.63. The molecule has 62 heavy (non-hydrogen) atoms. The van der Waals surface area contributed by atoms with Gasteiger partial charge in [-0.15, -0.1) is 0 Å². The van der Waals surface area contributed by atoms with Crippen LogP contribution < -0.4 is 28.4 Å². The van der Waals surface area contributed by atoms with Crippen LogP contribution in [0, 0.1) is 11.3 Å². The predicted octanol–water partition coefficient (Wildman–Crippen LogP) is 11.9. The number of benzene rings is 5. The van der Waals surface area contributed by atoms with Crippen LogP contribution in [-0.2, 0) is 0 Å². The van der Waals surface area contributed by atoms with E-state index in [1.54, 1.807) is 48.5 Å². The van der Waals surface area contributed by atoms with Crippen molar-refractivity contribution < 1.29 is 47.6 Å². The Morgan fingerprint density at radius 2 is 0.726 bits per heavy atom. The van der Waals surface area contributed by atoms with Crippen LogP contribution in [-0.4, -0.2) is 37.1 Å². The third-order valence-electron chi connectivity index (χ3n) is 9.80. The molecule has 5 aromatic rings. The fourth-order valence-electron chi connectivity index (χ4n) is 6.24. The molecule has 0 spiro atoms. The molecule has 0 aliphatic heterocycles. The van der Waals surface area contributed by atoms with Gasteiger partial charge in [0.05, 0.1) is 41.0 Å². The van der Waals surface area contributed by atoms with E-state index in [0.717, 1.165) is 25.7 Å². The maximum Gasteiger partial charge on any atom is 0.343 e. The van der Waals surface area contributed by atoms with Gasteiger partial charge in [0.1, 0.15) is 34.8 Å². The average molecular weight is 840 g/mol. The van der Waals surface area contributed by atoms with Crippen molar-refractivity contribution in [2.45, 2.75) is 90.9 Å². The van der Waals surface area contributed by atoms with Crippen LogP contribution in [0.3, 0.4) is 0 Å². The Balaban J connectivity index is 1.07. The van der Waals surface area contributed by atoms with Crippen molar-refractivity contribution in [3.8, 4) is 40.6 Å². The number of nitrogens with zero attached hydrogens (tertiary/aromatic N) is 1. The van der Waals surface area contributed by atoms with Crippen molar-refractivity contribution in [3.05, 3.63) is 143 Å². The molecule has 0 radical (unpaired) electrons. The van der Waals surface area contributed by atoms with E-state index >= 15 is 0 Å². The Kier molecular flexibility index (Phi) is 18.6. The first-order valence-electron chi connectivity index (χ1n) is 21.3. The fraction of sp³-hybridized carbons (Fsp3) is 0.314. The molecule has 0 aliphatic rings. The molecule has 11 nitrogen and oxygen atoms in total. The van der Waals surface area contributed by atoms with Gasteiger partial charge < -0.3 is 28.4 Å². The van der Waals surface area contributed by atoms with Gasteiger partial charge in [-0.2, -0.15) is 5.26 Å². The minimum absolute atomic E-state index is 0.0198. The lowest BCUT2D eigenvalue weighted by Gasteiger charge is -2.10. The molecule has 0 saturated heterocycles. The quantitative estimate of drug-likeness (QED) is 0.0332. The van der Waals surface area contributed by atoms with Crippen LogP contribution in [0.25, 0.3) is 0 Å². The van der Waals surface area contributed by atoms with E-state index < -0.39 is 23.9 Å². The maximum absolute atomic E-state index is 13.1. The number of unbranched alkanes of at least 4 members (excludes halogenated alkanes) is 10. The lowest BCUT2D eigenvalue weighted by molar-refractivity contribution is 0.0723. The van der Waals surface area contributed by atoms with Crippen molar-refractivity contribution in [2.24, 2.45) is 0 Å². The molecule has 11 heteroatoms. The Labute approximate surface area is 363 Å². The van der Waals surface area contributed by atoms with Gasteiger partial charge in [-0.3, -0.25) is 0 Å². The fourth-order valence-corrected chi connectivity index (χ4v) is 6.24. The van der Waals surface area contributed by atoms with Crippen molar-refractivity contribution in [3.63, 3.8) is 0 Å². The Morgan fingerprint density at radius 1 is 0.403 bits per heavy atom. The van der Waals surface area contributed by atoms with Gasteiger partial charge in [0, 0.05) is 6.07 Å². The molecular weight excluding hydrogens is 787 g/mol. The highest BCUT2D eigenvalue weighted by Crippen LogP contribution is 2.27. The summed E-state index contributed by atoms with van der Waals surface area (Å²) in [5.74, 6) is -0.988. The van der Waals surface area contributed by atoms with Crippen molar-refractivity contribution in [2.75, 3.05) is 13.2 Å². The van der Waals surface area contributed by atoms with Crippen molar-refractivity contribution in [1.29, 1.82) is 5.26 Å². The van der Waals surface area contributed by atoms with E-state index in [2.05, 4.69) is 13.8 Å². The van der Waals surface area contributed by atoms with E-state index in [1.165, 1.54) is 118 Å². The number of ether oxygens (including phenoxy) is 6. The highest BCUT2D eigenvalue weighted by molar-refractivity contribution is 5.94. The van der Waals surface area contributed by atoms with E-state index in [0.29, 0.717) is 35.8 Å². The van der Waals surface area contributed by atoms with E-state index in [-0.39, 0.29) is 39.7 Å². The summed E-state index contributed by atoms with van der Waals surface area (Å²) >= 11 is 0. The van der Waals surface area contributed by atoms with Gasteiger partial charge in [0.15, 0.2) is 5.75 Å². The van der Waals surface area contributed by atoms with Crippen LogP contribution in [0.1, 0.15) is 138 Å². The molecule has 5 rings (SSSR count). The van der Waals surface area contributed by atoms with Crippen molar-refractivity contribution in [1.82, 2.24) is 0 Å². The maximum atomic E-state index is 13.1. The zero-order valence-corrected chi connectivity index (χ0v) is 35.4. The van der Waals surface area contributed by atoms with Crippen LogP contribution >= 0.6 is 0 Å². The molecule has 0 N–H and O–H groups in total. The first-order chi connectivity index (χ1) is 30.3. The van der Waals surface area contributed by atoms with Crippen LogP contribution in [0.5, 0.6) is 34.5 Å². The molecule has 0 bridgehead atoms. The number of hydrogen-bond acceptors (Lipinski definition) is 11. The second kappa shape index (κ2) is 25.0. The summed E-state index contributed by atoms with van der Waals surface area (Å²) in [4.78, 5) is 51.6. The lowest BCUT2D eigenvalue weighted by Crippen LogP contribution is -2.12. The molecule has 5 aromatic carbocycles. The Morgan fingerprint density at radius 3 is 1.11 bits per heavy atom. The monoisotopic (exact) mass is 839 g/mol. The number of esters is 4. The van der Waals surface area contributed by atoms with Crippen LogP contribution in [0.15, 0.2) is 115 Å². The normalized spacial score (nSPS) is 10.6. The van der Waals surface area contributed by atoms with E-state index in [4.69, 9.17) is 28.4 Å². The smallest absolute Gasteiger partial charge is 0.343 e. The topological polar surface area (TPSA) is 147 Å². The van der Waals surface area contributed by atoms with Gasteiger partial charge in [-0.05, 0) is 122 Å². The summed E-state index contributed by atoms with van der Waals surface area (Å²) in [5.41, 5.74) is 0.991. The highest BCUT2D eigenvalue weighted by Gasteiger charge is 2.17. The molecule has 322 valence electrons. The standard InChI is InChI=1S/C51H53NO10/c1-3-5-7-9-11-13-33-57-42-24-15-37(16-25-42)48(53)59-44-28-19-39(20-29-44)50(55)61-46-32-23-41(36-52)47(35-46)62-51(56)40-21-30-45(31-22-40)60-49(54)38-17-26-43(27-18-38)58-34-14-12-10-8-6-4-2/h15-32,35H,3-14,33-34H2,1-2H3. The number of hydrogen-bond donors (Lipinski definition) is 0. The minimum atomic E-state index is -0.794. The summed E-state index contributed by atoms with van der Waals surface area (Å²) in [6, 6.07) is 31.0. The summed E-state index contributed by atoms with van der Waals surface area (Å²) in [5, 5.41) is 9.66. The molecular formula is C51H53NO10. The third-order valence-corrected chi connectivity index (χ3v) is 9.80. The summed E-state index contributed by atoms with van der Waals surface area (Å²) in [7, 11) is 0. The number of rotatable bonds is 24. The second-order valence-electron chi connectivity index (χ2n) is 14.7. The molecule has 0 aromatic heterocycles. The van der Waals surface area contributed by atoms with Gasteiger partial charge in [0.2, 0.25) is 0 Å². The molecule has 0 aliphatic carbocycles. The first kappa shape index (κ1) is 46.1. The van der Waals surface area contributed by atoms with Gasteiger partial charge in [0.25, 0.3) is 0 Å². The van der Waals surface area contributed by atoms with E-state index in [9.17, 15) is 24.4 Å². The summed E-state index contributed by atoms with van der Waals surface area (Å²) < 4.78 is 33.6. The molecule has 0 heterocycles. The van der Waals surface area contributed by atoms with Crippen LogP contribution in [0.4, 0.5) is 0 Å². The SMILES string of the molecule is CCCCCCCCOc1ccc(C(=O)Oc2ccc(C(=O)Oc3ccc(C#N)c(OC(=O)c4ccc(OC(=O)c5ccc(OCCCCCCCC)cc5)cc4)c3)cc2)cc1. The van der Waals surface area contributed by atoms with Crippen molar-refractivity contribution >= 4 is 23.9 Å². The second-order valence-corrected chi connectivity index (χ2v) is 14.7.